The number of hydrogen-bond donors (Lipinski definition) is 2. The molecule has 0 radical (unpaired) electrons. The number of carbonyl (C=O) groups is 2. The Labute approximate surface area is 132 Å². The van der Waals surface area contributed by atoms with E-state index in [9.17, 15) is 9.59 Å². The second-order valence-electron chi connectivity index (χ2n) is 4.47. The molecule has 2 N–H and O–H groups in total. The quantitative estimate of drug-likeness (QED) is 0.770. The molecule has 0 bridgehead atoms. The van der Waals surface area contributed by atoms with Crippen LogP contribution in [0.2, 0.25) is 0 Å². The maximum atomic E-state index is 12.0. The lowest BCUT2D eigenvalue weighted by Gasteiger charge is -2.06. The van der Waals surface area contributed by atoms with Crippen molar-refractivity contribution >= 4 is 34.5 Å². The molecule has 0 atom stereocenters. The first-order chi connectivity index (χ1) is 10.2. The lowest BCUT2D eigenvalue weighted by Crippen LogP contribution is -2.29. The van der Waals surface area contributed by atoms with Crippen molar-refractivity contribution in [3.05, 3.63) is 44.3 Å². The van der Waals surface area contributed by atoms with E-state index in [1.807, 2.05) is 29.8 Å². The standard InChI is InChI=1S/C15H18N2O2S2/c1-2-11-6-10-21-13(11)15(19)17-8-4-7-16-14(18)12-5-3-9-20-12/h3,5-6,9-10H,2,4,7-8H2,1H3,(H,16,18)(H,17,19). The van der Waals surface area contributed by atoms with Crippen molar-refractivity contribution in [1.82, 2.24) is 10.6 Å². The van der Waals surface area contributed by atoms with Gasteiger partial charge in [-0.3, -0.25) is 9.59 Å². The van der Waals surface area contributed by atoms with Gasteiger partial charge in [-0.15, -0.1) is 22.7 Å². The molecule has 2 amide bonds. The summed E-state index contributed by atoms with van der Waals surface area (Å²) in [4.78, 5) is 25.2. The van der Waals surface area contributed by atoms with Crippen molar-refractivity contribution in [2.24, 2.45) is 0 Å². The van der Waals surface area contributed by atoms with Gasteiger partial charge in [-0.2, -0.15) is 0 Å². The number of carbonyl (C=O) groups excluding carboxylic acids is 2. The second-order valence-corrected chi connectivity index (χ2v) is 6.33. The summed E-state index contributed by atoms with van der Waals surface area (Å²) in [5, 5.41) is 9.55. The van der Waals surface area contributed by atoms with Crippen LogP contribution in [0.15, 0.2) is 29.0 Å². The molecule has 0 saturated heterocycles. The van der Waals surface area contributed by atoms with Crippen LogP contribution in [0.3, 0.4) is 0 Å². The lowest BCUT2D eigenvalue weighted by molar-refractivity contribution is 0.0955. The Bertz CT molecular complexity index is 591. The molecule has 112 valence electrons. The molecule has 0 aliphatic rings. The Hall–Kier alpha value is -1.66. The first-order valence-corrected chi connectivity index (χ1v) is 8.64. The normalized spacial score (nSPS) is 10.3. The number of amides is 2. The maximum absolute atomic E-state index is 12.0. The molecule has 2 aromatic rings. The maximum Gasteiger partial charge on any atom is 0.261 e. The molecule has 0 aliphatic heterocycles. The number of hydrogen-bond acceptors (Lipinski definition) is 4. The van der Waals surface area contributed by atoms with Crippen molar-refractivity contribution < 1.29 is 9.59 Å². The van der Waals surface area contributed by atoms with Crippen molar-refractivity contribution in [2.45, 2.75) is 19.8 Å². The van der Waals surface area contributed by atoms with Crippen molar-refractivity contribution in [3.8, 4) is 0 Å². The SMILES string of the molecule is CCc1ccsc1C(=O)NCCCNC(=O)c1cccs1. The van der Waals surface area contributed by atoms with Gasteiger partial charge in [0.1, 0.15) is 0 Å². The highest BCUT2D eigenvalue weighted by Crippen LogP contribution is 2.16. The fourth-order valence-corrected chi connectivity index (χ4v) is 3.43. The largest absolute Gasteiger partial charge is 0.351 e. The third-order valence-electron chi connectivity index (χ3n) is 3.00. The van der Waals surface area contributed by atoms with Crippen LogP contribution in [0, 0.1) is 0 Å². The predicted octanol–water partition coefficient (Wildman–Crippen LogP) is 2.92. The Morgan fingerprint density at radius 2 is 1.81 bits per heavy atom. The molecular weight excluding hydrogens is 304 g/mol. The van der Waals surface area contributed by atoms with Crippen LogP contribution in [-0.2, 0) is 6.42 Å². The minimum atomic E-state index is -0.0529. The number of thiophene rings is 2. The average molecular weight is 322 g/mol. The van der Waals surface area contributed by atoms with E-state index in [2.05, 4.69) is 10.6 Å². The summed E-state index contributed by atoms with van der Waals surface area (Å²) in [5.41, 5.74) is 1.09. The van der Waals surface area contributed by atoms with Gasteiger partial charge >= 0.3 is 0 Å². The van der Waals surface area contributed by atoms with E-state index in [4.69, 9.17) is 0 Å². The van der Waals surface area contributed by atoms with Gasteiger partial charge in [0.25, 0.3) is 11.8 Å². The van der Waals surface area contributed by atoms with Gasteiger partial charge in [-0.1, -0.05) is 13.0 Å². The summed E-state index contributed by atoms with van der Waals surface area (Å²) in [7, 11) is 0. The van der Waals surface area contributed by atoms with Crippen LogP contribution in [0.5, 0.6) is 0 Å². The number of nitrogens with one attached hydrogen (secondary N) is 2. The smallest absolute Gasteiger partial charge is 0.261 e. The van der Waals surface area contributed by atoms with Crippen molar-refractivity contribution in [1.29, 1.82) is 0 Å². The van der Waals surface area contributed by atoms with Crippen LogP contribution in [0.25, 0.3) is 0 Å². The molecule has 2 aromatic heterocycles. The third kappa shape index (κ3) is 4.41. The monoisotopic (exact) mass is 322 g/mol. The third-order valence-corrected chi connectivity index (χ3v) is 4.83. The Balaban J connectivity index is 1.66. The molecule has 4 nitrogen and oxygen atoms in total. The molecule has 21 heavy (non-hydrogen) atoms. The number of rotatable bonds is 7. The summed E-state index contributed by atoms with van der Waals surface area (Å²) in [5.74, 6) is -0.0747. The van der Waals surface area contributed by atoms with Crippen LogP contribution in [0.4, 0.5) is 0 Å². The van der Waals surface area contributed by atoms with Crippen molar-refractivity contribution in [3.63, 3.8) is 0 Å². The Morgan fingerprint density at radius 1 is 1.05 bits per heavy atom. The van der Waals surface area contributed by atoms with Crippen LogP contribution < -0.4 is 10.6 Å². The van der Waals surface area contributed by atoms with Gasteiger partial charge in [-0.05, 0) is 41.3 Å². The van der Waals surface area contributed by atoms with E-state index >= 15 is 0 Å². The molecule has 0 saturated carbocycles. The van der Waals surface area contributed by atoms with Gasteiger partial charge in [0.2, 0.25) is 0 Å². The molecule has 0 unspecified atom stereocenters. The topological polar surface area (TPSA) is 58.2 Å². The Morgan fingerprint density at radius 3 is 2.48 bits per heavy atom. The zero-order chi connectivity index (χ0) is 15.1. The summed E-state index contributed by atoms with van der Waals surface area (Å²) in [6.45, 7) is 3.16. The Kier molecular flexibility index (Phi) is 5.95. The summed E-state index contributed by atoms with van der Waals surface area (Å²) < 4.78 is 0. The molecule has 0 spiro atoms. The van der Waals surface area contributed by atoms with E-state index in [0.29, 0.717) is 18.0 Å². The first-order valence-electron chi connectivity index (χ1n) is 6.88. The summed E-state index contributed by atoms with van der Waals surface area (Å²) in [6, 6.07) is 5.64. The van der Waals surface area contributed by atoms with E-state index in [-0.39, 0.29) is 11.8 Å². The fourth-order valence-electron chi connectivity index (χ4n) is 1.88. The highest BCUT2D eigenvalue weighted by molar-refractivity contribution is 7.12. The molecule has 0 aliphatic carbocycles. The molecule has 2 rings (SSSR count). The van der Waals surface area contributed by atoms with Gasteiger partial charge in [-0.25, -0.2) is 0 Å². The van der Waals surface area contributed by atoms with Gasteiger partial charge < -0.3 is 10.6 Å². The fraction of sp³-hybridized carbons (Fsp3) is 0.333. The van der Waals surface area contributed by atoms with Gasteiger partial charge in [0.05, 0.1) is 9.75 Å². The highest BCUT2D eigenvalue weighted by atomic mass is 32.1. The second kappa shape index (κ2) is 7.95. The average Bonchev–Trinajstić information content (AvgIpc) is 3.17. The minimum Gasteiger partial charge on any atom is -0.351 e. The zero-order valence-electron chi connectivity index (χ0n) is 11.8. The first kappa shape index (κ1) is 15.7. The lowest BCUT2D eigenvalue weighted by atomic mass is 10.2. The predicted molar refractivity (Wildman–Crippen MR) is 87.3 cm³/mol. The molecule has 0 fully saturated rings. The van der Waals surface area contributed by atoms with Crippen LogP contribution >= 0.6 is 22.7 Å². The zero-order valence-corrected chi connectivity index (χ0v) is 13.5. The van der Waals surface area contributed by atoms with E-state index in [0.717, 1.165) is 23.3 Å². The van der Waals surface area contributed by atoms with E-state index in [1.54, 1.807) is 6.07 Å². The van der Waals surface area contributed by atoms with E-state index < -0.39 is 0 Å². The minimum absolute atomic E-state index is 0.0218. The molecule has 2 heterocycles. The highest BCUT2D eigenvalue weighted by Gasteiger charge is 2.11. The summed E-state index contributed by atoms with van der Waals surface area (Å²) >= 11 is 2.89. The van der Waals surface area contributed by atoms with Crippen molar-refractivity contribution in [2.75, 3.05) is 13.1 Å². The number of aryl methyl sites for hydroxylation is 1. The van der Waals surface area contributed by atoms with Crippen LogP contribution in [-0.4, -0.2) is 24.9 Å². The summed E-state index contributed by atoms with van der Waals surface area (Å²) in [6.07, 6.45) is 1.58. The molecule has 0 aromatic carbocycles. The van der Waals surface area contributed by atoms with Gasteiger partial charge in [0.15, 0.2) is 0 Å². The molecular formula is C15H18N2O2S2. The van der Waals surface area contributed by atoms with Gasteiger partial charge in [0, 0.05) is 13.1 Å². The molecule has 6 heteroatoms. The van der Waals surface area contributed by atoms with E-state index in [1.165, 1.54) is 22.7 Å². The van der Waals surface area contributed by atoms with Crippen LogP contribution in [0.1, 0.15) is 38.3 Å².